The lowest BCUT2D eigenvalue weighted by Crippen LogP contribution is -2.41. The van der Waals surface area contributed by atoms with Gasteiger partial charge in [0.1, 0.15) is 5.75 Å². The van der Waals surface area contributed by atoms with Crippen LogP contribution in [-0.4, -0.2) is 42.2 Å². The highest BCUT2D eigenvalue weighted by molar-refractivity contribution is 6.31. The highest BCUT2D eigenvalue weighted by Gasteiger charge is 2.27. The molecule has 0 radical (unpaired) electrons. The van der Waals surface area contributed by atoms with Gasteiger partial charge in [-0.05, 0) is 42.2 Å². The zero-order valence-electron chi connectivity index (χ0n) is 14.9. The van der Waals surface area contributed by atoms with Gasteiger partial charge in [0.25, 0.3) is 0 Å². The first-order valence-corrected chi connectivity index (χ1v) is 9.31. The van der Waals surface area contributed by atoms with E-state index in [2.05, 4.69) is 0 Å². The molecule has 0 aliphatic carbocycles. The summed E-state index contributed by atoms with van der Waals surface area (Å²) in [6, 6.07) is 14.8. The number of hydrogen-bond acceptors (Lipinski definition) is 3. The lowest BCUT2D eigenvalue weighted by molar-refractivity contribution is -0.133. The molecular weight excluding hydrogens is 350 g/mol. The molecule has 1 aliphatic heterocycles. The Morgan fingerprint density at radius 2 is 1.96 bits per heavy atom. The van der Waals surface area contributed by atoms with E-state index in [9.17, 15) is 9.90 Å². The van der Waals surface area contributed by atoms with Crippen molar-refractivity contribution in [3.05, 3.63) is 64.7 Å². The van der Waals surface area contributed by atoms with Gasteiger partial charge < -0.3 is 14.7 Å². The summed E-state index contributed by atoms with van der Waals surface area (Å²) in [6.45, 7) is 1.39. The van der Waals surface area contributed by atoms with Crippen molar-refractivity contribution in [1.29, 1.82) is 0 Å². The Morgan fingerprint density at radius 3 is 2.65 bits per heavy atom. The molecule has 1 aliphatic rings. The molecular formula is C21H24ClNO3. The Kier molecular flexibility index (Phi) is 6.17. The normalized spacial score (nSPS) is 16.2. The van der Waals surface area contributed by atoms with Gasteiger partial charge in [0.15, 0.2) is 0 Å². The van der Waals surface area contributed by atoms with Gasteiger partial charge in [-0.15, -0.1) is 0 Å². The van der Waals surface area contributed by atoms with Gasteiger partial charge in [-0.25, -0.2) is 0 Å². The van der Waals surface area contributed by atoms with Gasteiger partial charge in [0, 0.05) is 43.7 Å². The SMILES string of the molecule is CN(C(=O)CC(c1cccc(O)c1)c1ccccc1Cl)C1CCOCC1. The second-order valence-corrected chi connectivity index (χ2v) is 7.13. The number of aromatic hydroxyl groups is 1. The summed E-state index contributed by atoms with van der Waals surface area (Å²) in [5.74, 6) is 0.0561. The first-order chi connectivity index (χ1) is 12.6. The van der Waals surface area contributed by atoms with E-state index in [1.807, 2.05) is 42.3 Å². The van der Waals surface area contributed by atoms with Crippen LogP contribution in [0.1, 0.15) is 36.3 Å². The molecule has 3 rings (SSSR count). The van der Waals surface area contributed by atoms with E-state index in [-0.39, 0.29) is 23.6 Å². The van der Waals surface area contributed by atoms with Crippen LogP contribution in [0.4, 0.5) is 0 Å². The van der Waals surface area contributed by atoms with Crippen molar-refractivity contribution >= 4 is 17.5 Å². The van der Waals surface area contributed by atoms with Gasteiger partial charge in [0.05, 0.1) is 0 Å². The summed E-state index contributed by atoms with van der Waals surface area (Å²) in [5, 5.41) is 10.5. The summed E-state index contributed by atoms with van der Waals surface area (Å²) in [6.07, 6.45) is 2.04. The highest BCUT2D eigenvalue weighted by Crippen LogP contribution is 2.35. The number of carbonyl (C=O) groups is 1. The van der Waals surface area contributed by atoms with E-state index in [0.717, 1.165) is 24.0 Å². The molecule has 1 heterocycles. The number of carbonyl (C=O) groups excluding carboxylic acids is 1. The summed E-state index contributed by atoms with van der Waals surface area (Å²) < 4.78 is 5.40. The molecule has 26 heavy (non-hydrogen) atoms. The number of benzene rings is 2. The van der Waals surface area contributed by atoms with E-state index in [1.165, 1.54) is 0 Å². The summed E-state index contributed by atoms with van der Waals surface area (Å²) in [4.78, 5) is 14.8. The number of ether oxygens (including phenoxy) is 1. The van der Waals surface area contributed by atoms with Crippen molar-refractivity contribution < 1.29 is 14.6 Å². The quantitative estimate of drug-likeness (QED) is 0.854. The molecule has 1 atom stereocenters. The van der Waals surface area contributed by atoms with Crippen LogP contribution in [0, 0.1) is 0 Å². The monoisotopic (exact) mass is 373 g/mol. The molecule has 1 fully saturated rings. The van der Waals surface area contributed by atoms with E-state index in [1.54, 1.807) is 18.2 Å². The molecule has 1 amide bonds. The molecule has 0 bridgehead atoms. The van der Waals surface area contributed by atoms with Crippen molar-refractivity contribution in [1.82, 2.24) is 4.90 Å². The number of amides is 1. The van der Waals surface area contributed by atoms with E-state index < -0.39 is 0 Å². The Balaban J connectivity index is 1.86. The summed E-state index contributed by atoms with van der Waals surface area (Å²) >= 11 is 6.42. The fraction of sp³-hybridized carbons (Fsp3) is 0.381. The molecule has 2 aromatic rings. The summed E-state index contributed by atoms with van der Waals surface area (Å²) in [7, 11) is 1.87. The van der Waals surface area contributed by atoms with E-state index in [4.69, 9.17) is 16.3 Å². The van der Waals surface area contributed by atoms with Gasteiger partial charge in [0.2, 0.25) is 5.91 Å². The molecule has 0 aromatic heterocycles. The smallest absolute Gasteiger partial charge is 0.223 e. The second-order valence-electron chi connectivity index (χ2n) is 6.72. The maximum Gasteiger partial charge on any atom is 0.223 e. The summed E-state index contributed by atoms with van der Waals surface area (Å²) in [5.41, 5.74) is 1.78. The molecule has 1 N–H and O–H groups in total. The lowest BCUT2D eigenvalue weighted by atomic mass is 9.87. The predicted molar refractivity (Wildman–Crippen MR) is 103 cm³/mol. The van der Waals surface area contributed by atoms with Crippen LogP contribution in [0.3, 0.4) is 0 Å². The van der Waals surface area contributed by atoms with Crippen molar-refractivity contribution in [3.63, 3.8) is 0 Å². The van der Waals surface area contributed by atoms with Crippen molar-refractivity contribution in [3.8, 4) is 5.75 Å². The topological polar surface area (TPSA) is 49.8 Å². The molecule has 138 valence electrons. The molecule has 2 aromatic carbocycles. The number of phenols is 1. The fourth-order valence-electron chi connectivity index (χ4n) is 3.50. The van der Waals surface area contributed by atoms with E-state index >= 15 is 0 Å². The van der Waals surface area contributed by atoms with Gasteiger partial charge in [-0.2, -0.15) is 0 Å². The fourth-order valence-corrected chi connectivity index (χ4v) is 3.77. The number of rotatable bonds is 5. The minimum absolute atomic E-state index is 0.0742. The minimum Gasteiger partial charge on any atom is -0.508 e. The maximum absolute atomic E-state index is 13.0. The van der Waals surface area contributed by atoms with Gasteiger partial charge in [-0.3, -0.25) is 4.79 Å². The Bertz CT molecular complexity index is 758. The lowest BCUT2D eigenvalue weighted by Gasteiger charge is -2.32. The van der Waals surface area contributed by atoms with E-state index in [0.29, 0.717) is 24.7 Å². The number of halogens is 1. The zero-order valence-corrected chi connectivity index (χ0v) is 15.7. The number of hydrogen-bond donors (Lipinski definition) is 1. The van der Waals surface area contributed by atoms with Crippen LogP contribution < -0.4 is 0 Å². The predicted octanol–water partition coefficient (Wildman–Crippen LogP) is 4.21. The van der Waals surface area contributed by atoms with Crippen molar-refractivity contribution in [2.24, 2.45) is 0 Å². The maximum atomic E-state index is 13.0. The van der Waals surface area contributed by atoms with Crippen LogP contribution in [0.2, 0.25) is 5.02 Å². The van der Waals surface area contributed by atoms with Crippen LogP contribution in [0.15, 0.2) is 48.5 Å². The standard InChI is InChI=1S/C21H24ClNO3/c1-23(16-9-11-26-12-10-16)21(25)14-19(15-5-4-6-17(24)13-15)18-7-2-3-8-20(18)22/h2-8,13,16,19,24H,9-12,14H2,1H3. The zero-order chi connectivity index (χ0) is 18.5. The second kappa shape index (κ2) is 8.56. The van der Waals surface area contributed by atoms with Crippen molar-refractivity contribution in [2.45, 2.75) is 31.2 Å². The Labute approximate surface area is 159 Å². The third-order valence-electron chi connectivity index (χ3n) is 5.06. The molecule has 0 spiro atoms. The minimum atomic E-state index is -0.203. The van der Waals surface area contributed by atoms with Crippen LogP contribution in [0.5, 0.6) is 5.75 Å². The Hall–Kier alpha value is -2.04. The third-order valence-corrected chi connectivity index (χ3v) is 5.41. The molecule has 0 saturated carbocycles. The van der Waals surface area contributed by atoms with Crippen LogP contribution in [-0.2, 0) is 9.53 Å². The molecule has 5 heteroatoms. The Morgan fingerprint density at radius 1 is 1.23 bits per heavy atom. The number of nitrogens with zero attached hydrogens (tertiary/aromatic N) is 1. The van der Waals surface area contributed by atoms with Gasteiger partial charge in [-0.1, -0.05) is 41.9 Å². The van der Waals surface area contributed by atoms with Crippen molar-refractivity contribution in [2.75, 3.05) is 20.3 Å². The third kappa shape index (κ3) is 4.37. The first-order valence-electron chi connectivity index (χ1n) is 8.93. The molecule has 4 nitrogen and oxygen atoms in total. The largest absolute Gasteiger partial charge is 0.508 e. The van der Waals surface area contributed by atoms with Crippen LogP contribution >= 0.6 is 11.6 Å². The average molecular weight is 374 g/mol. The molecule has 1 unspecified atom stereocenters. The highest BCUT2D eigenvalue weighted by atomic mass is 35.5. The average Bonchev–Trinajstić information content (AvgIpc) is 2.66. The molecule has 1 saturated heterocycles. The first kappa shape index (κ1) is 18.7. The number of phenolic OH excluding ortho intramolecular Hbond substituents is 1. The van der Waals surface area contributed by atoms with Gasteiger partial charge >= 0.3 is 0 Å². The van der Waals surface area contributed by atoms with Crippen LogP contribution in [0.25, 0.3) is 0 Å².